The smallest absolute Gasteiger partial charge is 0.481 e. The van der Waals surface area contributed by atoms with Gasteiger partial charge in [-0.25, -0.2) is 28.6 Å². The second-order valence-corrected chi connectivity index (χ2v) is 18.6. The van der Waals surface area contributed by atoms with Gasteiger partial charge in [-0.3, -0.25) is 37.3 Å². The number of anilines is 1. The Morgan fingerprint density at radius 1 is 1.04 bits per heavy atom. The number of phosphoric ester groups is 3. The standard InChI is InChI=1S/C27H44N7O19P3S/c1-13(2)16(25(39)40)26(41)57-8-7-29-15(35)5-6-30-23(38)20(37)27(3,4)10-50-56(47,48)53-55(45,46)49-9-14-19(52-54(42,43)44)18(36)24(51-14)34-12-33-17-21(28)31-11-32-22(17)34/h11-14,16,18-20,24,36-37H,5-10H2,1-4H3,(H,29,35)(H,30,38)(H,39,40)(H,45,46)(H,47,48)(H2,28,31,32)(H2,42,43,44)/t14-,16?,18-,19-,20?,24-/m1/s1. The molecule has 30 heteroatoms. The Bertz CT molecular complexity index is 1910. The zero-order valence-electron chi connectivity index (χ0n) is 30.6. The quantitative estimate of drug-likeness (QED) is 0.0386. The Labute approximate surface area is 327 Å². The van der Waals surface area contributed by atoms with Crippen LogP contribution in [0.5, 0.6) is 0 Å². The predicted molar refractivity (Wildman–Crippen MR) is 193 cm³/mol. The van der Waals surface area contributed by atoms with Crippen LogP contribution in [0.4, 0.5) is 5.82 Å². The van der Waals surface area contributed by atoms with Gasteiger partial charge in [0.05, 0.1) is 19.5 Å². The van der Waals surface area contributed by atoms with Crippen LogP contribution in [-0.2, 0) is 55.5 Å². The van der Waals surface area contributed by atoms with Crippen molar-refractivity contribution in [2.45, 2.75) is 64.8 Å². The monoisotopic (exact) mass is 895 g/mol. The van der Waals surface area contributed by atoms with E-state index < -0.39 is 107 Å². The minimum atomic E-state index is -5.59. The van der Waals surface area contributed by atoms with Crippen LogP contribution in [0.1, 0.15) is 40.3 Å². The van der Waals surface area contributed by atoms with E-state index in [1.54, 1.807) is 13.8 Å². The molecule has 0 aromatic carbocycles. The maximum Gasteiger partial charge on any atom is 0.481 e. The summed E-state index contributed by atoms with van der Waals surface area (Å²) in [6, 6.07) is 0. The largest absolute Gasteiger partial charge is 0.481 e. The van der Waals surface area contributed by atoms with Gasteiger partial charge in [0, 0.05) is 30.7 Å². The van der Waals surface area contributed by atoms with Crippen LogP contribution in [0, 0.1) is 17.3 Å². The van der Waals surface area contributed by atoms with Crippen molar-refractivity contribution >= 4 is 75.1 Å². The Morgan fingerprint density at radius 3 is 2.30 bits per heavy atom. The average molecular weight is 896 g/mol. The van der Waals surface area contributed by atoms with Gasteiger partial charge in [0.25, 0.3) is 0 Å². The second-order valence-electron chi connectivity index (χ2n) is 13.3. The summed E-state index contributed by atoms with van der Waals surface area (Å²) in [4.78, 5) is 98.9. The number of ether oxygens (including phenoxy) is 1. The van der Waals surface area contributed by atoms with Gasteiger partial charge in [0.1, 0.15) is 42.2 Å². The molecule has 4 unspecified atom stereocenters. The molecule has 1 aliphatic heterocycles. The fourth-order valence-electron chi connectivity index (χ4n) is 5.03. The third-order valence-electron chi connectivity index (χ3n) is 7.93. The number of nitrogens with zero attached hydrogens (tertiary/aromatic N) is 4. The summed E-state index contributed by atoms with van der Waals surface area (Å²) in [5.74, 6) is -4.38. The number of amides is 2. The van der Waals surface area contributed by atoms with Crippen LogP contribution < -0.4 is 16.4 Å². The number of rotatable bonds is 22. The van der Waals surface area contributed by atoms with Crippen LogP contribution in [0.15, 0.2) is 12.7 Å². The molecule has 57 heavy (non-hydrogen) atoms. The van der Waals surface area contributed by atoms with E-state index in [1.165, 1.54) is 13.8 Å². The van der Waals surface area contributed by atoms with Crippen LogP contribution in [0.3, 0.4) is 0 Å². The highest BCUT2D eigenvalue weighted by atomic mass is 32.2. The zero-order chi connectivity index (χ0) is 43.1. The van der Waals surface area contributed by atoms with Gasteiger partial charge < -0.3 is 56.0 Å². The number of aliphatic hydroxyl groups is 2. The van der Waals surface area contributed by atoms with E-state index in [0.29, 0.717) is 0 Å². The van der Waals surface area contributed by atoms with Gasteiger partial charge in [-0.05, 0) is 5.92 Å². The summed E-state index contributed by atoms with van der Waals surface area (Å²) in [7, 11) is -16.5. The molecule has 1 fully saturated rings. The number of thioether (sulfide) groups is 1. The molecule has 0 spiro atoms. The SMILES string of the molecule is CC(C)C(C(=O)O)C(=O)SCCNC(=O)CCNC(=O)C(O)C(C)(C)COP(=O)(O)OP(=O)(O)OC[C@H]1O[C@@H](n2cnc3c(N)ncnc32)[C@H](O)[C@@H]1OP(=O)(O)O. The topological polar surface area (TPSA) is 401 Å². The number of imidazole rings is 1. The molecule has 0 radical (unpaired) electrons. The molecule has 1 saturated heterocycles. The van der Waals surface area contributed by atoms with Gasteiger partial charge in [0.2, 0.25) is 16.9 Å². The molecule has 2 aromatic heterocycles. The first-order valence-corrected chi connectivity index (χ1v) is 22.0. The van der Waals surface area contributed by atoms with E-state index >= 15 is 0 Å². The molecule has 3 heterocycles. The fourth-order valence-corrected chi connectivity index (χ4v) is 8.82. The first kappa shape index (κ1) is 48.4. The van der Waals surface area contributed by atoms with Crippen molar-refractivity contribution in [2.75, 3.05) is 37.8 Å². The van der Waals surface area contributed by atoms with E-state index in [1.807, 2.05) is 0 Å². The summed E-state index contributed by atoms with van der Waals surface area (Å²) in [6.07, 6.45) is -7.13. The van der Waals surface area contributed by atoms with Crippen LogP contribution >= 0.6 is 35.2 Å². The maximum atomic E-state index is 12.7. The number of hydrogen-bond acceptors (Lipinski definition) is 19. The number of nitrogens with one attached hydrogen (secondary N) is 2. The van der Waals surface area contributed by atoms with Crippen molar-refractivity contribution < 1.29 is 90.4 Å². The van der Waals surface area contributed by atoms with Crippen LogP contribution in [0.25, 0.3) is 11.2 Å². The first-order valence-electron chi connectivity index (χ1n) is 16.5. The van der Waals surface area contributed by atoms with Crippen LogP contribution in [-0.4, -0.2) is 134 Å². The molecule has 1 aliphatic rings. The number of nitrogen functional groups attached to an aromatic ring is 1. The van der Waals surface area contributed by atoms with Gasteiger partial charge in [-0.15, -0.1) is 0 Å². The summed E-state index contributed by atoms with van der Waals surface area (Å²) in [6.45, 7) is 3.31. The number of carbonyl (C=O) groups is 4. The van der Waals surface area contributed by atoms with E-state index in [-0.39, 0.29) is 42.2 Å². The summed E-state index contributed by atoms with van der Waals surface area (Å²) in [5.41, 5.74) is 4.19. The first-order chi connectivity index (χ1) is 26.2. The molecule has 26 nitrogen and oxygen atoms in total. The number of carboxylic acids is 1. The third kappa shape index (κ3) is 14.1. The maximum absolute atomic E-state index is 12.7. The van der Waals surface area contributed by atoms with Gasteiger partial charge in [-0.2, -0.15) is 4.31 Å². The average Bonchev–Trinajstić information content (AvgIpc) is 3.64. The predicted octanol–water partition coefficient (Wildman–Crippen LogP) is -0.978. The van der Waals surface area contributed by atoms with Gasteiger partial charge in [-0.1, -0.05) is 39.5 Å². The Balaban J connectivity index is 1.49. The molecule has 3 rings (SSSR count). The highest BCUT2D eigenvalue weighted by Gasteiger charge is 2.50. The van der Waals surface area contributed by atoms with E-state index in [0.717, 1.165) is 29.0 Å². The van der Waals surface area contributed by atoms with Gasteiger partial charge >= 0.3 is 29.4 Å². The highest BCUT2D eigenvalue weighted by molar-refractivity contribution is 8.13. The Morgan fingerprint density at radius 2 is 1.68 bits per heavy atom. The number of hydrogen-bond donors (Lipinski definition) is 10. The second kappa shape index (κ2) is 19.9. The normalized spacial score (nSPS) is 22.1. The Hall–Kier alpha value is -2.97. The molecule has 322 valence electrons. The molecular formula is C27H44N7O19P3S. The van der Waals surface area contributed by atoms with E-state index in [4.69, 9.17) is 19.5 Å². The minimum Gasteiger partial charge on any atom is -0.481 e. The summed E-state index contributed by atoms with van der Waals surface area (Å²) in [5, 5.41) is 34.8. The molecule has 2 aromatic rings. The number of aliphatic carboxylic acids is 1. The van der Waals surface area contributed by atoms with Crippen molar-refractivity contribution in [2.24, 2.45) is 17.3 Å². The molecule has 8 atom stereocenters. The lowest BCUT2D eigenvalue weighted by atomic mass is 9.87. The number of aromatic nitrogens is 4. The summed E-state index contributed by atoms with van der Waals surface area (Å²) < 4.78 is 62.0. The van der Waals surface area contributed by atoms with Crippen molar-refractivity contribution in [1.82, 2.24) is 30.2 Å². The number of nitrogens with two attached hydrogens (primary N) is 1. The Kier molecular flexibility index (Phi) is 16.9. The number of carbonyl (C=O) groups excluding carboxylic acids is 3. The fraction of sp³-hybridized carbons (Fsp3) is 0.667. The lowest BCUT2D eigenvalue weighted by Gasteiger charge is -2.30. The molecule has 0 bridgehead atoms. The lowest BCUT2D eigenvalue weighted by molar-refractivity contribution is -0.146. The minimum absolute atomic E-state index is 0.0184. The van der Waals surface area contributed by atoms with E-state index in [9.17, 15) is 67.8 Å². The third-order valence-corrected chi connectivity index (χ3v) is 12.0. The van der Waals surface area contributed by atoms with Crippen molar-refractivity contribution in [1.29, 1.82) is 0 Å². The molecule has 11 N–H and O–H groups in total. The van der Waals surface area contributed by atoms with Crippen molar-refractivity contribution in [3.05, 3.63) is 12.7 Å². The number of phosphoric acid groups is 3. The van der Waals surface area contributed by atoms with Crippen LogP contribution in [0.2, 0.25) is 0 Å². The van der Waals surface area contributed by atoms with Crippen molar-refractivity contribution in [3.8, 4) is 0 Å². The number of carboxylic acid groups (broad SMARTS) is 1. The molecular weight excluding hydrogens is 851 g/mol. The summed E-state index contributed by atoms with van der Waals surface area (Å²) >= 11 is 0.754. The highest BCUT2D eigenvalue weighted by Crippen LogP contribution is 2.61. The number of fused-ring (bicyclic) bond motifs is 1. The molecule has 0 saturated carbocycles. The van der Waals surface area contributed by atoms with Gasteiger partial charge in [0.15, 0.2) is 17.7 Å². The molecule has 0 aliphatic carbocycles. The lowest BCUT2D eigenvalue weighted by Crippen LogP contribution is -2.46. The van der Waals surface area contributed by atoms with Crippen molar-refractivity contribution in [3.63, 3.8) is 0 Å². The molecule has 2 amide bonds. The zero-order valence-corrected chi connectivity index (χ0v) is 34.1. The van der Waals surface area contributed by atoms with E-state index in [2.05, 4.69) is 34.4 Å². The number of aliphatic hydroxyl groups excluding tert-OH is 2.